The van der Waals surface area contributed by atoms with E-state index < -0.39 is 24.2 Å². The van der Waals surface area contributed by atoms with Crippen LogP contribution >= 0.6 is 0 Å². The summed E-state index contributed by atoms with van der Waals surface area (Å²) < 4.78 is 42.3. The van der Waals surface area contributed by atoms with Crippen molar-refractivity contribution in [3.8, 4) is 0 Å². The molecule has 2 atom stereocenters. The van der Waals surface area contributed by atoms with Crippen LogP contribution in [0.4, 0.5) is 24.8 Å². The molecule has 0 bridgehead atoms. The predicted octanol–water partition coefficient (Wildman–Crippen LogP) is 5.36. The van der Waals surface area contributed by atoms with E-state index in [2.05, 4.69) is 15.6 Å². The van der Waals surface area contributed by atoms with Gasteiger partial charge in [-0.2, -0.15) is 13.2 Å². The van der Waals surface area contributed by atoms with Crippen LogP contribution in [0, 0.1) is 0 Å². The molecule has 0 fully saturated rings. The van der Waals surface area contributed by atoms with Crippen LogP contribution in [0.2, 0.25) is 0 Å². The van der Waals surface area contributed by atoms with Crippen LogP contribution in [-0.4, -0.2) is 21.6 Å². The van der Waals surface area contributed by atoms with Gasteiger partial charge in [0.2, 0.25) is 5.95 Å². The van der Waals surface area contributed by atoms with Gasteiger partial charge in [0.25, 0.3) is 5.91 Å². The van der Waals surface area contributed by atoms with Gasteiger partial charge in [0, 0.05) is 18.3 Å². The fraction of sp³-hybridized carbons (Fsp3) is 0.273. The number of fused-ring (bicyclic) bond motifs is 1. The molecular formula is C22H21F3N4O. The zero-order chi connectivity index (χ0) is 21.3. The van der Waals surface area contributed by atoms with E-state index in [0.29, 0.717) is 5.69 Å². The highest BCUT2D eigenvalue weighted by atomic mass is 19.4. The molecule has 30 heavy (non-hydrogen) atoms. The average Bonchev–Trinajstić information content (AvgIpc) is 3.18. The Morgan fingerprint density at radius 1 is 1.17 bits per heavy atom. The van der Waals surface area contributed by atoms with E-state index in [4.69, 9.17) is 0 Å². The summed E-state index contributed by atoms with van der Waals surface area (Å²) in [6.45, 7) is 2.02. The van der Waals surface area contributed by atoms with E-state index in [9.17, 15) is 18.0 Å². The van der Waals surface area contributed by atoms with Gasteiger partial charge in [-0.05, 0) is 29.7 Å². The van der Waals surface area contributed by atoms with Gasteiger partial charge in [-0.3, -0.25) is 4.79 Å². The molecule has 1 amide bonds. The summed E-state index contributed by atoms with van der Waals surface area (Å²) in [5.74, 6) is -0.524. The van der Waals surface area contributed by atoms with Crippen LogP contribution < -0.4 is 10.6 Å². The number of nitrogens with one attached hydrogen (secondary N) is 2. The summed E-state index contributed by atoms with van der Waals surface area (Å²) in [7, 11) is 0. The number of carbonyl (C=O) groups excluding carboxylic acids is 1. The molecule has 3 aromatic rings. The first kappa shape index (κ1) is 20.0. The van der Waals surface area contributed by atoms with Gasteiger partial charge in [0.15, 0.2) is 0 Å². The molecule has 8 heteroatoms. The average molecular weight is 414 g/mol. The van der Waals surface area contributed by atoms with Crippen LogP contribution in [0.5, 0.6) is 0 Å². The maximum Gasteiger partial charge on any atom is 0.409 e. The number of amides is 1. The third-order valence-corrected chi connectivity index (χ3v) is 5.26. The first-order valence-corrected chi connectivity index (χ1v) is 9.72. The molecule has 1 aliphatic heterocycles. The second kappa shape index (κ2) is 7.85. The Hall–Kier alpha value is -3.29. The molecule has 2 aromatic carbocycles. The summed E-state index contributed by atoms with van der Waals surface area (Å²) in [5.41, 5.74) is 2.35. The Bertz CT molecular complexity index is 1030. The molecular weight excluding hydrogens is 393 g/mol. The molecule has 0 saturated heterocycles. The highest BCUT2D eigenvalue weighted by molar-refractivity contribution is 6.03. The quantitative estimate of drug-likeness (QED) is 0.604. The van der Waals surface area contributed by atoms with Crippen LogP contribution in [0.25, 0.3) is 0 Å². The number of rotatable bonds is 4. The lowest BCUT2D eigenvalue weighted by Gasteiger charge is -2.33. The lowest BCUT2D eigenvalue weighted by Crippen LogP contribution is -2.34. The van der Waals surface area contributed by atoms with Crippen LogP contribution in [-0.2, 0) is 6.42 Å². The Balaban J connectivity index is 1.61. The Morgan fingerprint density at radius 2 is 1.87 bits per heavy atom. The first-order valence-electron chi connectivity index (χ1n) is 9.72. The minimum atomic E-state index is -4.46. The third-order valence-electron chi connectivity index (χ3n) is 5.26. The molecule has 0 aliphatic carbocycles. The minimum absolute atomic E-state index is 0.0314. The lowest BCUT2D eigenvalue weighted by atomic mass is 9.97. The number of aromatic nitrogens is 2. The largest absolute Gasteiger partial charge is 0.409 e. The van der Waals surface area contributed by atoms with Crippen molar-refractivity contribution in [2.45, 2.75) is 38.0 Å². The first-order chi connectivity index (χ1) is 14.3. The SMILES string of the molecule is CCc1ccc(NC(=O)c2cn3c(n2)N[C@H](c2ccccc2)C[C@@H]3C(F)(F)F)cc1. The molecule has 1 aromatic heterocycles. The number of alkyl halides is 3. The highest BCUT2D eigenvalue weighted by Gasteiger charge is 2.46. The second-order valence-corrected chi connectivity index (χ2v) is 7.26. The molecule has 0 saturated carbocycles. The van der Waals surface area contributed by atoms with Crippen LogP contribution in [0.1, 0.15) is 47.0 Å². The fourth-order valence-electron chi connectivity index (χ4n) is 3.61. The Kier molecular flexibility index (Phi) is 5.24. The van der Waals surface area contributed by atoms with Gasteiger partial charge < -0.3 is 15.2 Å². The number of nitrogens with zero attached hydrogens (tertiary/aromatic N) is 2. The van der Waals surface area contributed by atoms with Gasteiger partial charge in [0.05, 0.1) is 6.04 Å². The number of hydrogen-bond donors (Lipinski definition) is 2. The fourth-order valence-corrected chi connectivity index (χ4v) is 3.61. The van der Waals surface area contributed by atoms with E-state index in [0.717, 1.165) is 28.3 Å². The standard InChI is InChI=1S/C22H21F3N4O/c1-2-14-8-10-16(11-9-14)26-20(30)18-13-29-19(22(23,24)25)12-17(27-21(29)28-18)15-6-4-3-5-7-15/h3-11,13,17,19H,2,12H2,1H3,(H,26,30)(H,27,28)/t17-,19+/m0/s1. The van der Waals surface area contributed by atoms with Gasteiger partial charge in [-0.25, -0.2) is 4.98 Å². The number of aryl methyl sites for hydroxylation is 1. The van der Waals surface area contributed by atoms with Gasteiger partial charge in [-0.1, -0.05) is 49.4 Å². The van der Waals surface area contributed by atoms with E-state index in [1.165, 1.54) is 0 Å². The van der Waals surface area contributed by atoms with Gasteiger partial charge in [-0.15, -0.1) is 0 Å². The van der Waals surface area contributed by atoms with E-state index in [1.807, 2.05) is 25.1 Å². The molecule has 0 spiro atoms. The molecule has 2 heterocycles. The predicted molar refractivity (Wildman–Crippen MR) is 109 cm³/mol. The van der Waals surface area contributed by atoms with Gasteiger partial charge >= 0.3 is 6.18 Å². The van der Waals surface area contributed by atoms with Crippen molar-refractivity contribution >= 4 is 17.5 Å². The van der Waals surface area contributed by atoms with Crippen LogP contribution in [0.3, 0.4) is 0 Å². The summed E-state index contributed by atoms with van der Waals surface area (Å²) in [4.78, 5) is 16.8. The third kappa shape index (κ3) is 4.03. The molecule has 0 radical (unpaired) electrons. The molecule has 2 N–H and O–H groups in total. The highest BCUT2D eigenvalue weighted by Crippen LogP contribution is 2.43. The molecule has 1 aliphatic rings. The smallest absolute Gasteiger partial charge is 0.349 e. The molecule has 4 rings (SSSR count). The molecule has 5 nitrogen and oxygen atoms in total. The summed E-state index contributed by atoms with van der Waals surface area (Å²) in [6, 6.07) is 13.9. The summed E-state index contributed by atoms with van der Waals surface area (Å²) in [6.07, 6.45) is -2.61. The van der Waals surface area contributed by atoms with Crippen LogP contribution in [0.15, 0.2) is 60.8 Å². The number of carbonyl (C=O) groups is 1. The second-order valence-electron chi connectivity index (χ2n) is 7.26. The van der Waals surface area contributed by atoms with Crippen molar-refractivity contribution in [1.29, 1.82) is 0 Å². The van der Waals surface area contributed by atoms with Crippen molar-refractivity contribution < 1.29 is 18.0 Å². The van der Waals surface area contributed by atoms with E-state index >= 15 is 0 Å². The lowest BCUT2D eigenvalue weighted by molar-refractivity contribution is -0.171. The summed E-state index contributed by atoms with van der Waals surface area (Å²) in [5, 5.41) is 5.73. The molecule has 156 valence electrons. The zero-order valence-electron chi connectivity index (χ0n) is 16.3. The Morgan fingerprint density at radius 3 is 2.50 bits per heavy atom. The van der Waals surface area contributed by atoms with Crippen molar-refractivity contribution in [3.05, 3.63) is 77.6 Å². The number of benzene rings is 2. The number of hydrogen-bond acceptors (Lipinski definition) is 3. The zero-order valence-corrected chi connectivity index (χ0v) is 16.3. The van der Waals surface area contributed by atoms with Crippen molar-refractivity contribution in [3.63, 3.8) is 0 Å². The monoisotopic (exact) mass is 414 g/mol. The molecule has 0 unspecified atom stereocenters. The van der Waals surface area contributed by atoms with Crippen molar-refractivity contribution in [1.82, 2.24) is 9.55 Å². The number of anilines is 2. The van der Waals surface area contributed by atoms with Crippen molar-refractivity contribution in [2.75, 3.05) is 10.6 Å². The minimum Gasteiger partial charge on any atom is -0.349 e. The summed E-state index contributed by atoms with van der Waals surface area (Å²) >= 11 is 0. The van der Waals surface area contributed by atoms with Gasteiger partial charge in [0.1, 0.15) is 11.7 Å². The number of imidazole rings is 1. The topological polar surface area (TPSA) is 59.0 Å². The number of halogens is 3. The van der Waals surface area contributed by atoms with E-state index in [1.54, 1.807) is 36.4 Å². The normalized spacial score (nSPS) is 18.4. The van der Waals surface area contributed by atoms with E-state index in [-0.39, 0.29) is 18.1 Å². The van der Waals surface area contributed by atoms with Crippen molar-refractivity contribution in [2.24, 2.45) is 0 Å². The maximum absolute atomic E-state index is 13.8. The Labute approximate surface area is 171 Å². The maximum atomic E-state index is 13.8.